The van der Waals surface area contributed by atoms with Crippen LogP contribution in [0.3, 0.4) is 0 Å². The zero-order chi connectivity index (χ0) is 17.6. The third-order valence-corrected chi connectivity index (χ3v) is 5.02. The van der Waals surface area contributed by atoms with Crippen LogP contribution in [-0.4, -0.2) is 25.4 Å². The second-order valence-electron chi connectivity index (χ2n) is 7.08. The van der Waals surface area contributed by atoms with Crippen LogP contribution in [0.15, 0.2) is 30.5 Å². The largest absolute Gasteiger partial charge is 0.294 e. The van der Waals surface area contributed by atoms with Gasteiger partial charge in [-0.2, -0.15) is 4.98 Å². The Morgan fingerprint density at radius 1 is 1.16 bits per heavy atom. The van der Waals surface area contributed by atoms with Crippen molar-refractivity contribution < 1.29 is 4.79 Å². The van der Waals surface area contributed by atoms with Crippen LogP contribution in [0.1, 0.15) is 72.0 Å². The molecule has 1 aliphatic rings. The first kappa shape index (κ1) is 15.9. The van der Waals surface area contributed by atoms with Gasteiger partial charge in [0.15, 0.2) is 11.6 Å². The Morgan fingerprint density at radius 2 is 1.92 bits per heavy atom. The summed E-state index contributed by atoms with van der Waals surface area (Å²) in [5.41, 5.74) is 4.06. The third-order valence-electron chi connectivity index (χ3n) is 5.02. The SMILES string of the molecule is CCc1nc2nc3c(cn2n1)C(=O)CC(c1ccc(C(C)C)cc1)C3. The van der Waals surface area contributed by atoms with Crippen LogP contribution in [0, 0.1) is 0 Å². The predicted octanol–water partition coefficient (Wildman–Crippen LogP) is 3.72. The summed E-state index contributed by atoms with van der Waals surface area (Å²) >= 11 is 0. The molecule has 0 saturated carbocycles. The molecular formula is C20H22N4O. The van der Waals surface area contributed by atoms with E-state index in [-0.39, 0.29) is 11.7 Å². The molecule has 0 saturated heterocycles. The molecule has 5 nitrogen and oxygen atoms in total. The van der Waals surface area contributed by atoms with Crippen molar-refractivity contribution in [1.29, 1.82) is 0 Å². The molecule has 1 atom stereocenters. The second kappa shape index (κ2) is 6.06. The molecule has 0 aliphatic heterocycles. The number of hydrogen-bond acceptors (Lipinski definition) is 4. The molecule has 0 fully saturated rings. The zero-order valence-electron chi connectivity index (χ0n) is 14.9. The van der Waals surface area contributed by atoms with Crippen LogP contribution >= 0.6 is 0 Å². The molecule has 3 aromatic rings. The van der Waals surface area contributed by atoms with Crippen molar-refractivity contribution in [1.82, 2.24) is 19.6 Å². The summed E-state index contributed by atoms with van der Waals surface area (Å²) in [6, 6.07) is 8.65. The number of carbonyl (C=O) groups is 1. The summed E-state index contributed by atoms with van der Waals surface area (Å²) in [6.07, 6.45) is 3.85. The Labute approximate surface area is 147 Å². The highest BCUT2D eigenvalue weighted by Gasteiger charge is 2.28. The first-order chi connectivity index (χ1) is 12.0. The fraction of sp³-hybridized carbons (Fsp3) is 0.400. The highest BCUT2D eigenvalue weighted by atomic mass is 16.1. The van der Waals surface area contributed by atoms with E-state index in [0.717, 1.165) is 24.4 Å². The quantitative estimate of drug-likeness (QED) is 0.732. The molecule has 128 valence electrons. The highest BCUT2D eigenvalue weighted by Crippen LogP contribution is 2.32. The van der Waals surface area contributed by atoms with Crippen LogP contribution in [0.2, 0.25) is 0 Å². The van der Waals surface area contributed by atoms with Gasteiger partial charge in [0, 0.05) is 19.0 Å². The van der Waals surface area contributed by atoms with Crippen molar-refractivity contribution in [2.45, 2.75) is 51.9 Å². The van der Waals surface area contributed by atoms with E-state index in [0.29, 0.717) is 23.7 Å². The summed E-state index contributed by atoms with van der Waals surface area (Å²) in [6.45, 7) is 6.39. The fourth-order valence-electron chi connectivity index (χ4n) is 3.47. The minimum absolute atomic E-state index is 0.141. The van der Waals surface area contributed by atoms with Crippen molar-refractivity contribution in [2.24, 2.45) is 0 Å². The number of aryl methyl sites for hydroxylation is 1. The Balaban J connectivity index is 1.68. The summed E-state index contributed by atoms with van der Waals surface area (Å²) in [7, 11) is 0. The first-order valence-corrected chi connectivity index (χ1v) is 8.93. The van der Waals surface area contributed by atoms with Crippen LogP contribution in [0.4, 0.5) is 0 Å². The second-order valence-corrected chi connectivity index (χ2v) is 7.08. The van der Waals surface area contributed by atoms with E-state index >= 15 is 0 Å². The Bertz CT molecular complexity index is 940. The Kier molecular flexibility index (Phi) is 3.86. The lowest BCUT2D eigenvalue weighted by atomic mass is 9.81. The van der Waals surface area contributed by atoms with Gasteiger partial charge in [0.2, 0.25) is 0 Å². The summed E-state index contributed by atoms with van der Waals surface area (Å²) in [5.74, 6) is 2.17. The number of Topliss-reactive ketones (excluding diaryl/α,β-unsaturated/α-hetero) is 1. The lowest BCUT2D eigenvalue weighted by molar-refractivity contribution is 0.0962. The van der Waals surface area contributed by atoms with E-state index in [9.17, 15) is 4.79 Å². The fourth-order valence-corrected chi connectivity index (χ4v) is 3.47. The number of aromatic nitrogens is 4. The molecule has 1 aromatic carbocycles. The number of benzene rings is 1. The molecule has 1 unspecified atom stereocenters. The molecule has 0 spiro atoms. The number of rotatable bonds is 3. The number of hydrogen-bond donors (Lipinski definition) is 0. The highest BCUT2D eigenvalue weighted by molar-refractivity contribution is 5.98. The average molecular weight is 334 g/mol. The maximum Gasteiger partial charge on any atom is 0.252 e. The number of fused-ring (bicyclic) bond motifs is 2. The van der Waals surface area contributed by atoms with Crippen LogP contribution in [0.25, 0.3) is 5.78 Å². The van der Waals surface area contributed by atoms with Crippen molar-refractivity contribution in [3.63, 3.8) is 0 Å². The summed E-state index contributed by atoms with van der Waals surface area (Å²) in [5, 5.41) is 4.37. The van der Waals surface area contributed by atoms with Gasteiger partial charge in [-0.05, 0) is 29.4 Å². The molecule has 0 bridgehead atoms. The molecule has 0 amide bonds. The van der Waals surface area contributed by atoms with E-state index in [1.54, 1.807) is 10.7 Å². The van der Waals surface area contributed by atoms with Gasteiger partial charge in [0.25, 0.3) is 5.78 Å². The summed E-state index contributed by atoms with van der Waals surface area (Å²) < 4.78 is 1.63. The third kappa shape index (κ3) is 2.84. The molecule has 0 radical (unpaired) electrons. The molecule has 25 heavy (non-hydrogen) atoms. The van der Waals surface area contributed by atoms with Crippen molar-refractivity contribution in [3.8, 4) is 0 Å². The minimum atomic E-state index is 0.141. The van der Waals surface area contributed by atoms with Gasteiger partial charge in [-0.25, -0.2) is 9.50 Å². The topological polar surface area (TPSA) is 60.1 Å². The van der Waals surface area contributed by atoms with Gasteiger partial charge in [0.1, 0.15) is 0 Å². The molecule has 4 rings (SSSR count). The smallest absolute Gasteiger partial charge is 0.252 e. The van der Waals surface area contributed by atoms with E-state index in [1.165, 1.54) is 11.1 Å². The molecule has 0 N–H and O–H groups in total. The molecular weight excluding hydrogens is 312 g/mol. The number of nitrogens with zero attached hydrogens (tertiary/aromatic N) is 4. The van der Waals surface area contributed by atoms with Gasteiger partial charge in [-0.3, -0.25) is 4.79 Å². The maximum absolute atomic E-state index is 12.7. The average Bonchev–Trinajstić information content (AvgIpc) is 3.02. The maximum atomic E-state index is 12.7. The Hall–Kier alpha value is -2.56. The van der Waals surface area contributed by atoms with Gasteiger partial charge >= 0.3 is 0 Å². The molecule has 2 aromatic heterocycles. The number of ketones is 1. The lowest BCUT2D eigenvalue weighted by Gasteiger charge is -2.23. The predicted molar refractivity (Wildman–Crippen MR) is 96.1 cm³/mol. The van der Waals surface area contributed by atoms with Gasteiger partial charge in [-0.1, -0.05) is 45.0 Å². The Morgan fingerprint density at radius 3 is 2.60 bits per heavy atom. The van der Waals surface area contributed by atoms with Crippen molar-refractivity contribution in [3.05, 3.63) is 58.7 Å². The van der Waals surface area contributed by atoms with E-state index in [1.807, 2.05) is 6.92 Å². The number of carbonyl (C=O) groups excluding carboxylic acids is 1. The van der Waals surface area contributed by atoms with Crippen LogP contribution in [0.5, 0.6) is 0 Å². The summed E-state index contributed by atoms with van der Waals surface area (Å²) in [4.78, 5) is 21.7. The first-order valence-electron chi connectivity index (χ1n) is 8.93. The van der Waals surface area contributed by atoms with Crippen molar-refractivity contribution in [2.75, 3.05) is 0 Å². The minimum Gasteiger partial charge on any atom is -0.294 e. The monoisotopic (exact) mass is 334 g/mol. The zero-order valence-corrected chi connectivity index (χ0v) is 14.9. The lowest BCUT2D eigenvalue weighted by Crippen LogP contribution is -2.21. The van der Waals surface area contributed by atoms with E-state index < -0.39 is 0 Å². The standard InChI is InChI=1S/C20H22N4O/c1-4-19-22-20-21-17-9-15(10-18(25)16(17)11-24(20)23-19)14-7-5-13(6-8-14)12(2)3/h5-8,11-12,15H,4,9-10H2,1-3H3. The van der Waals surface area contributed by atoms with Gasteiger partial charge in [0.05, 0.1) is 11.3 Å². The van der Waals surface area contributed by atoms with E-state index in [4.69, 9.17) is 0 Å². The molecule has 2 heterocycles. The van der Waals surface area contributed by atoms with E-state index in [2.05, 4.69) is 53.2 Å². The van der Waals surface area contributed by atoms with Crippen LogP contribution < -0.4 is 0 Å². The molecule has 1 aliphatic carbocycles. The normalized spacial score (nSPS) is 17.3. The van der Waals surface area contributed by atoms with Crippen molar-refractivity contribution >= 4 is 11.6 Å². The van der Waals surface area contributed by atoms with Gasteiger partial charge in [-0.15, -0.1) is 5.10 Å². The molecule has 5 heteroatoms. The van der Waals surface area contributed by atoms with Gasteiger partial charge < -0.3 is 0 Å². The van der Waals surface area contributed by atoms with Crippen LogP contribution in [-0.2, 0) is 12.8 Å².